The van der Waals surface area contributed by atoms with E-state index in [0.717, 1.165) is 46.6 Å². The van der Waals surface area contributed by atoms with Crippen molar-refractivity contribution in [2.45, 2.75) is 13.3 Å². The fraction of sp³-hybridized carbons (Fsp3) is 0.357. The van der Waals surface area contributed by atoms with E-state index in [9.17, 15) is 0 Å². The maximum Gasteiger partial charge on any atom is 0.183 e. The monoisotopic (exact) mass is 276 g/mol. The van der Waals surface area contributed by atoms with E-state index in [4.69, 9.17) is 9.47 Å². The van der Waals surface area contributed by atoms with Gasteiger partial charge in [0.25, 0.3) is 0 Å². The molecular formula is C14H16N2O2S. The fourth-order valence-corrected chi connectivity index (χ4v) is 2.84. The minimum absolute atomic E-state index is 0.710. The van der Waals surface area contributed by atoms with E-state index in [1.807, 2.05) is 18.3 Å². The summed E-state index contributed by atoms with van der Waals surface area (Å²) >= 11 is 1.65. The molecule has 0 spiro atoms. The number of nitrogens with zero attached hydrogens (tertiary/aromatic N) is 1. The van der Waals surface area contributed by atoms with Gasteiger partial charge in [0.1, 0.15) is 0 Å². The number of nitrogens with one attached hydrogen (secondary N) is 1. The maximum atomic E-state index is 5.71. The first-order chi connectivity index (χ1) is 9.36. The summed E-state index contributed by atoms with van der Waals surface area (Å²) < 4.78 is 11.3. The number of rotatable bonds is 3. The van der Waals surface area contributed by atoms with E-state index in [1.165, 1.54) is 0 Å². The van der Waals surface area contributed by atoms with Crippen LogP contribution in [0.5, 0.6) is 11.5 Å². The van der Waals surface area contributed by atoms with E-state index in [0.29, 0.717) is 6.61 Å². The van der Waals surface area contributed by atoms with E-state index in [-0.39, 0.29) is 0 Å². The van der Waals surface area contributed by atoms with Crippen molar-refractivity contribution in [1.82, 2.24) is 4.98 Å². The van der Waals surface area contributed by atoms with Crippen LogP contribution in [0.3, 0.4) is 0 Å². The van der Waals surface area contributed by atoms with Crippen LogP contribution in [0.4, 0.5) is 5.13 Å². The highest BCUT2D eigenvalue weighted by molar-refractivity contribution is 7.18. The van der Waals surface area contributed by atoms with Gasteiger partial charge in [0.2, 0.25) is 0 Å². The first kappa shape index (κ1) is 12.3. The zero-order valence-electron chi connectivity index (χ0n) is 10.8. The smallest absolute Gasteiger partial charge is 0.183 e. The lowest BCUT2D eigenvalue weighted by Gasteiger charge is -2.08. The Bertz CT molecular complexity index is 568. The summed E-state index contributed by atoms with van der Waals surface area (Å²) in [6.07, 6.45) is 2.82. The van der Waals surface area contributed by atoms with Crippen molar-refractivity contribution < 1.29 is 9.47 Å². The molecule has 0 radical (unpaired) electrons. The van der Waals surface area contributed by atoms with Crippen molar-refractivity contribution in [1.29, 1.82) is 0 Å². The molecule has 2 aromatic rings. The summed E-state index contributed by atoms with van der Waals surface area (Å²) in [5.74, 6) is 1.66. The zero-order chi connectivity index (χ0) is 13.1. The van der Waals surface area contributed by atoms with Crippen molar-refractivity contribution in [2.75, 3.05) is 25.1 Å². The molecule has 19 heavy (non-hydrogen) atoms. The molecule has 1 aromatic heterocycles. The SMILES string of the molecule is CCNc1ncc(-c2ccc3c(c2)OCCCO3)s1. The van der Waals surface area contributed by atoms with Crippen LogP contribution >= 0.6 is 11.3 Å². The predicted octanol–water partition coefficient (Wildman–Crippen LogP) is 3.40. The molecule has 1 aromatic carbocycles. The second kappa shape index (κ2) is 5.48. The molecule has 2 heterocycles. The van der Waals surface area contributed by atoms with E-state index < -0.39 is 0 Å². The van der Waals surface area contributed by atoms with Crippen LogP contribution in [0.15, 0.2) is 24.4 Å². The summed E-state index contributed by atoms with van der Waals surface area (Å²) in [4.78, 5) is 5.48. The highest BCUT2D eigenvalue weighted by Crippen LogP contribution is 2.36. The Balaban J connectivity index is 1.89. The third-order valence-corrected chi connectivity index (χ3v) is 3.87. The molecule has 1 aliphatic rings. The van der Waals surface area contributed by atoms with Crippen LogP contribution in [-0.2, 0) is 0 Å². The Morgan fingerprint density at radius 3 is 2.95 bits per heavy atom. The summed E-state index contributed by atoms with van der Waals surface area (Å²) in [6.45, 7) is 4.38. The molecule has 1 N–H and O–H groups in total. The van der Waals surface area contributed by atoms with Gasteiger partial charge < -0.3 is 14.8 Å². The van der Waals surface area contributed by atoms with Gasteiger partial charge in [0, 0.05) is 19.2 Å². The van der Waals surface area contributed by atoms with Gasteiger partial charge >= 0.3 is 0 Å². The molecule has 0 saturated carbocycles. The molecule has 0 aliphatic carbocycles. The molecule has 0 amide bonds. The van der Waals surface area contributed by atoms with Gasteiger partial charge in [0.15, 0.2) is 16.6 Å². The largest absolute Gasteiger partial charge is 0.490 e. The lowest BCUT2D eigenvalue weighted by Crippen LogP contribution is -1.97. The van der Waals surface area contributed by atoms with Crippen LogP contribution in [0.1, 0.15) is 13.3 Å². The summed E-state index contributed by atoms with van der Waals surface area (Å²) in [5, 5.41) is 4.17. The summed E-state index contributed by atoms with van der Waals surface area (Å²) in [5.41, 5.74) is 1.12. The summed E-state index contributed by atoms with van der Waals surface area (Å²) in [6, 6.07) is 6.06. The molecule has 0 saturated heterocycles. The van der Waals surface area contributed by atoms with Crippen molar-refractivity contribution in [2.24, 2.45) is 0 Å². The third-order valence-electron chi connectivity index (χ3n) is 2.87. The number of hydrogen-bond acceptors (Lipinski definition) is 5. The Labute approximate surface area is 116 Å². The maximum absolute atomic E-state index is 5.71. The lowest BCUT2D eigenvalue weighted by atomic mass is 10.2. The van der Waals surface area contributed by atoms with E-state index in [1.54, 1.807) is 11.3 Å². The Kier molecular flexibility index (Phi) is 3.55. The van der Waals surface area contributed by atoms with E-state index >= 15 is 0 Å². The molecule has 1 aliphatic heterocycles. The second-order valence-corrected chi connectivity index (χ2v) is 5.30. The molecule has 5 heteroatoms. The second-order valence-electron chi connectivity index (χ2n) is 4.27. The minimum Gasteiger partial charge on any atom is -0.490 e. The van der Waals surface area contributed by atoms with Crippen molar-refractivity contribution in [3.05, 3.63) is 24.4 Å². The van der Waals surface area contributed by atoms with Crippen LogP contribution in [0, 0.1) is 0 Å². The van der Waals surface area contributed by atoms with Gasteiger partial charge in [-0.15, -0.1) is 0 Å². The predicted molar refractivity (Wildman–Crippen MR) is 77.3 cm³/mol. The van der Waals surface area contributed by atoms with Crippen LogP contribution in [0.25, 0.3) is 10.4 Å². The summed E-state index contributed by atoms with van der Waals surface area (Å²) in [7, 11) is 0. The molecule has 0 fully saturated rings. The molecule has 0 atom stereocenters. The van der Waals surface area contributed by atoms with Gasteiger partial charge in [-0.1, -0.05) is 11.3 Å². The Morgan fingerprint density at radius 2 is 2.11 bits per heavy atom. The van der Waals surface area contributed by atoms with Crippen LogP contribution in [-0.4, -0.2) is 24.7 Å². The number of fused-ring (bicyclic) bond motifs is 1. The van der Waals surface area contributed by atoms with E-state index in [2.05, 4.69) is 23.3 Å². The minimum atomic E-state index is 0.710. The van der Waals surface area contributed by atoms with Crippen LogP contribution in [0.2, 0.25) is 0 Å². The van der Waals surface area contributed by atoms with Crippen molar-refractivity contribution in [3.63, 3.8) is 0 Å². The number of hydrogen-bond donors (Lipinski definition) is 1. The molecule has 4 nitrogen and oxygen atoms in total. The first-order valence-electron chi connectivity index (χ1n) is 6.46. The Morgan fingerprint density at radius 1 is 1.26 bits per heavy atom. The number of ether oxygens (including phenoxy) is 2. The molecule has 100 valence electrons. The molecule has 3 rings (SSSR count). The standard InChI is InChI=1S/C14H16N2O2S/c1-2-15-14-16-9-13(19-14)10-4-5-11-12(8-10)18-7-3-6-17-11/h4-5,8-9H,2-3,6-7H2,1H3,(H,15,16). The molecular weight excluding hydrogens is 260 g/mol. The molecule has 0 unspecified atom stereocenters. The van der Waals surface area contributed by atoms with Gasteiger partial charge in [-0.2, -0.15) is 0 Å². The highest BCUT2D eigenvalue weighted by Gasteiger charge is 2.12. The van der Waals surface area contributed by atoms with Crippen molar-refractivity contribution in [3.8, 4) is 21.9 Å². The molecule has 0 bridgehead atoms. The normalized spacial score (nSPS) is 13.9. The number of aromatic nitrogens is 1. The van der Waals surface area contributed by atoms with Gasteiger partial charge in [-0.25, -0.2) is 4.98 Å². The fourth-order valence-electron chi connectivity index (χ4n) is 1.96. The van der Waals surface area contributed by atoms with Crippen LogP contribution < -0.4 is 14.8 Å². The van der Waals surface area contributed by atoms with Gasteiger partial charge in [0.05, 0.1) is 18.1 Å². The Hall–Kier alpha value is -1.75. The topological polar surface area (TPSA) is 43.4 Å². The first-order valence-corrected chi connectivity index (χ1v) is 7.28. The zero-order valence-corrected chi connectivity index (χ0v) is 11.6. The van der Waals surface area contributed by atoms with Gasteiger partial charge in [-0.05, 0) is 30.7 Å². The average Bonchev–Trinajstić information content (AvgIpc) is 2.76. The average molecular weight is 276 g/mol. The van der Waals surface area contributed by atoms with Gasteiger partial charge in [-0.3, -0.25) is 0 Å². The highest BCUT2D eigenvalue weighted by atomic mass is 32.1. The quantitative estimate of drug-likeness (QED) is 0.933. The number of benzene rings is 1. The number of thiazole rings is 1. The van der Waals surface area contributed by atoms with Crippen molar-refractivity contribution >= 4 is 16.5 Å². The lowest BCUT2D eigenvalue weighted by molar-refractivity contribution is 0.297. The third kappa shape index (κ3) is 2.66. The number of anilines is 1.